The first kappa shape index (κ1) is 22.3. The van der Waals surface area contributed by atoms with E-state index in [4.69, 9.17) is 14.4 Å². The highest BCUT2D eigenvalue weighted by atomic mass is 32.2. The standard InChI is InChI=1S/C26H24N8OS/c1-2-5-21(6-3-1)36-26-31-24(29-23-17-19(18-28-23)22-7-4-16-35-22)30-25(32-26)34-14-12-33(13-15-34)20-8-10-27-11-9-20/h1-11,16-17H,12-15,18H2,(H,28,29,30,31,32). The molecule has 1 fully saturated rings. The molecule has 36 heavy (non-hydrogen) atoms. The number of piperazine rings is 1. The first-order chi connectivity index (χ1) is 17.8. The number of pyridine rings is 1. The molecule has 4 aromatic rings. The van der Waals surface area contributed by atoms with Crippen LogP contribution in [0, 0.1) is 0 Å². The summed E-state index contributed by atoms with van der Waals surface area (Å²) in [5, 5.41) is 3.92. The SMILES string of the molecule is C1=C(c2ccco2)CN=C1Nc1nc(Sc2ccccc2)nc(N2CCN(c3ccncc3)CC2)n1. The van der Waals surface area contributed by atoms with Crippen molar-refractivity contribution in [3.05, 3.63) is 85.1 Å². The average molecular weight is 497 g/mol. The van der Waals surface area contributed by atoms with E-state index in [1.165, 1.54) is 17.4 Å². The number of aromatic nitrogens is 4. The van der Waals surface area contributed by atoms with Crippen molar-refractivity contribution in [2.24, 2.45) is 4.99 Å². The summed E-state index contributed by atoms with van der Waals surface area (Å²) in [6, 6.07) is 18.0. The van der Waals surface area contributed by atoms with Gasteiger partial charge < -0.3 is 19.5 Å². The lowest BCUT2D eigenvalue weighted by Crippen LogP contribution is -2.47. The Morgan fingerprint density at radius 3 is 2.42 bits per heavy atom. The lowest BCUT2D eigenvalue weighted by molar-refractivity contribution is 0.552. The molecule has 0 amide bonds. The maximum atomic E-state index is 5.51. The topological polar surface area (TPSA) is 95.6 Å². The van der Waals surface area contributed by atoms with Crippen molar-refractivity contribution in [2.75, 3.05) is 47.8 Å². The van der Waals surface area contributed by atoms with Gasteiger partial charge in [-0.1, -0.05) is 18.2 Å². The van der Waals surface area contributed by atoms with Gasteiger partial charge in [0.25, 0.3) is 0 Å². The van der Waals surface area contributed by atoms with E-state index in [0.717, 1.165) is 42.4 Å². The van der Waals surface area contributed by atoms with Crippen LogP contribution in [-0.4, -0.2) is 58.5 Å². The van der Waals surface area contributed by atoms with Gasteiger partial charge in [0.05, 0.1) is 12.8 Å². The first-order valence-electron chi connectivity index (χ1n) is 11.7. The molecule has 0 radical (unpaired) electrons. The number of anilines is 3. The molecule has 180 valence electrons. The zero-order chi connectivity index (χ0) is 24.2. The molecule has 0 atom stereocenters. The molecule has 9 nitrogen and oxygen atoms in total. The van der Waals surface area contributed by atoms with E-state index >= 15 is 0 Å². The van der Waals surface area contributed by atoms with Crippen molar-refractivity contribution < 1.29 is 4.42 Å². The lowest BCUT2D eigenvalue weighted by atomic mass is 10.2. The monoisotopic (exact) mass is 496 g/mol. The van der Waals surface area contributed by atoms with Gasteiger partial charge in [-0.05, 0) is 54.2 Å². The highest BCUT2D eigenvalue weighted by molar-refractivity contribution is 7.99. The van der Waals surface area contributed by atoms with Crippen LogP contribution < -0.4 is 15.1 Å². The second-order valence-corrected chi connectivity index (χ2v) is 9.35. The Balaban J connectivity index is 1.23. The molecule has 10 heteroatoms. The molecule has 0 unspecified atom stereocenters. The summed E-state index contributed by atoms with van der Waals surface area (Å²) in [5.41, 5.74) is 2.20. The molecular weight excluding hydrogens is 472 g/mol. The summed E-state index contributed by atoms with van der Waals surface area (Å²) in [4.78, 5) is 28.6. The van der Waals surface area contributed by atoms with Gasteiger partial charge in [-0.2, -0.15) is 15.0 Å². The van der Waals surface area contributed by atoms with Crippen molar-refractivity contribution in [3.63, 3.8) is 0 Å². The van der Waals surface area contributed by atoms with Gasteiger partial charge in [-0.25, -0.2) is 0 Å². The smallest absolute Gasteiger partial charge is 0.234 e. The van der Waals surface area contributed by atoms with Gasteiger partial charge in [-0.15, -0.1) is 0 Å². The molecule has 0 bridgehead atoms. The number of hydrogen-bond donors (Lipinski definition) is 1. The molecule has 3 aromatic heterocycles. The highest BCUT2D eigenvalue weighted by Crippen LogP contribution is 2.28. The minimum absolute atomic E-state index is 0.477. The van der Waals surface area contributed by atoms with Crippen molar-refractivity contribution in [1.29, 1.82) is 0 Å². The molecule has 5 heterocycles. The Bertz CT molecular complexity index is 1370. The largest absolute Gasteiger partial charge is 0.465 e. The van der Waals surface area contributed by atoms with E-state index < -0.39 is 0 Å². The van der Waals surface area contributed by atoms with Gasteiger partial charge in [0.1, 0.15) is 11.6 Å². The minimum atomic E-state index is 0.477. The number of aliphatic imine (C=N–C) groups is 1. The van der Waals surface area contributed by atoms with E-state index in [9.17, 15) is 0 Å². The van der Waals surface area contributed by atoms with Crippen LogP contribution in [0.15, 0.2) is 98.8 Å². The molecule has 2 aliphatic rings. The van der Waals surface area contributed by atoms with Crippen LogP contribution in [0.4, 0.5) is 17.6 Å². The van der Waals surface area contributed by atoms with Gasteiger partial charge in [0.15, 0.2) is 5.16 Å². The molecule has 0 spiro atoms. The number of benzene rings is 1. The van der Waals surface area contributed by atoms with E-state index in [-0.39, 0.29) is 0 Å². The third kappa shape index (κ3) is 5.08. The molecule has 1 N–H and O–H groups in total. The third-order valence-corrected chi connectivity index (χ3v) is 6.83. The summed E-state index contributed by atoms with van der Waals surface area (Å²) in [6.07, 6.45) is 7.30. The molecule has 0 saturated carbocycles. The summed E-state index contributed by atoms with van der Waals surface area (Å²) in [6.45, 7) is 3.93. The second kappa shape index (κ2) is 10.2. The van der Waals surface area contributed by atoms with Crippen LogP contribution in [0.1, 0.15) is 5.76 Å². The fourth-order valence-corrected chi connectivity index (χ4v) is 4.89. The fourth-order valence-electron chi connectivity index (χ4n) is 4.13. The van der Waals surface area contributed by atoms with Crippen molar-refractivity contribution >= 4 is 40.8 Å². The van der Waals surface area contributed by atoms with Crippen LogP contribution in [0.25, 0.3) is 5.57 Å². The van der Waals surface area contributed by atoms with Gasteiger partial charge in [0, 0.05) is 54.7 Å². The number of amidine groups is 1. The predicted octanol–water partition coefficient (Wildman–Crippen LogP) is 4.25. The van der Waals surface area contributed by atoms with Crippen LogP contribution in [-0.2, 0) is 0 Å². The first-order valence-corrected chi connectivity index (χ1v) is 12.6. The van der Waals surface area contributed by atoms with E-state index in [1.807, 2.05) is 73.1 Å². The molecular formula is C26H24N8OS. The van der Waals surface area contributed by atoms with Gasteiger partial charge in [-0.3, -0.25) is 9.98 Å². The van der Waals surface area contributed by atoms with Crippen molar-refractivity contribution in [1.82, 2.24) is 19.9 Å². The van der Waals surface area contributed by atoms with Crippen LogP contribution in [0.3, 0.4) is 0 Å². The minimum Gasteiger partial charge on any atom is -0.465 e. The average Bonchev–Trinajstić information content (AvgIpc) is 3.62. The molecule has 6 rings (SSSR count). The fraction of sp³-hybridized carbons (Fsp3) is 0.192. The Kier molecular flexibility index (Phi) is 6.32. The Labute approximate surface area is 213 Å². The molecule has 0 aliphatic carbocycles. The van der Waals surface area contributed by atoms with Gasteiger partial charge in [0.2, 0.25) is 11.9 Å². The molecule has 1 saturated heterocycles. The summed E-state index contributed by atoms with van der Waals surface area (Å²) >= 11 is 1.52. The second-order valence-electron chi connectivity index (χ2n) is 8.31. The maximum absolute atomic E-state index is 5.51. The van der Waals surface area contributed by atoms with Crippen LogP contribution in [0.5, 0.6) is 0 Å². The van der Waals surface area contributed by atoms with Crippen molar-refractivity contribution in [3.8, 4) is 0 Å². The number of nitrogens with zero attached hydrogens (tertiary/aromatic N) is 7. The zero-order valence-electron chi connectivity index (χ0n) is 19.5. The normalized spacial score (nSPS) is 15.6. The summed E-state index contributed by atoms with van der Waals surface area (Å²) in [5.74, 6) is 2.66. The third-order valence-electron chi connectivity index (χ3n) is 5.95. The van der Waals surface area contributed by atoms with E-state index in [0.29, 0.717) is 29.4 Å². The number of furan rings is 1. The lowest BCUT2D eigenvalue weighted by Gasteiger charge is -2.36. The summed E-state index contributed by atoms with van der Waals surface area (Å²) in [7, 11) is 0. The Morgan fingerprint density at radius 1 is 0.833 bits per heavy atom. The van der Waals surface area contributed by atoms with E-state index in [1.54, 1.807) is 6.26 Å². The Hall–Kier alpha value is -4.18. The predicted molar refractivity (Wildman–Crippen MR) is 142 cm³/mol. The van der Waals surface area contributed by atoms with Crippen molar-refractivity contribution in [2.45, 2.75) is 10.1 Å². The quantitative estimate of drug-likeness (QED) is 0.420. The zero-order valence-corrected chi connectivity index (χ0v) is 20.3. The molecule has 1 aromatic carbocycles. The number of hydrogen-bond acceptors (Lipinski definition) is 10. The molecule has 2 aliphatic heterocycles. The maximum Gasteiger partial charge on any atom is 0.234 e. The highest BCUT2D eigenvalue weighted by Gasteiger charge is 2.22. The Morgan fingerprint density at radius 2 is 1.64 bits per heavy atom. The summed E-state index contributed by atoms with van der Waals surface area (Å²) < 4.78 is 5.51. The number of nitrogens with one attached hydrogen (secondary N) is 1. The van der Waals surface area contributed by atoms with Crippen LogP contribution in [0.2, 0.25) is 0 Å². The van der Waals surface area contributed by atoms with E-state index in [2.05, 4.69) is 30.1 Å². The van der Waals surface area contributed by atoms with Gasteiger partial charge >= 0.3 is 0 Å². The van der Waals surface area contributed by atoms with Crippen LogP contribution >= 0.6 is 11.8 Å². The number of rotatable bonds is 6.